The molecule has 0 aliphatic rings. The van der Waals surface area contributed by atoms with Crippen LogP contribution in [0, 0.1) is 10.1 Å². The molecule has 1 N–H and O–H groups in total. The maximum atomic E-state index is 11.5. The van der Waals surface area contributed by atoms with Crippen molar-refractivity contribution in [2.24, 2.45) is 0 Å². The van der Waals surface area contributed by atoms with Crippen molar-refractivity contribution >= 4 is 17.3 Å². The van der Waals surface area contributed by atoms with Crippen LogP contribution < -0.4 is 4.90 Å². The molecular weight excluding hydrogens is 264 g/mol. The SMILES string of the molecule is COC(=O)c1ccc([N+](=O)[O-])c(N(CCO)C(C)C)c1. The molecule has 110 valence electrons. The van der Waals surface area contributed by atoms with E-state index in [1.165, 1.54) is 25.3 Å². The van der Waals surface area contributed by atoms with E-state index in [2.05, 4.69) is 4.74 Å². The summed E-state index contributed by atoms with van der Waals surface area (Å²) < 4.78 is 4.62. The molecule has 1 rings (SSSR count). The van der Waals surface area contributed by atoms with Crippen LogP contribution >= 0.6 is 0 Å². The van der Waals surface area contributed by atoms with Gasteiger partial charge in [0, 0.05) is 18.7 Å². The lowest BCUT2D eigenvalue weighted by Gasteiger charge is -2.28. The van der Waals surface area contributed by atoms with Crippen LogP contribution in [-0.2, 0) is 4.74 Å². The molecular formula is C13H18N2O5. The molecule has 0 radical (unpaired) electrons. The Bertz CT molecular complexity index is 502. The number of hydrogen-bond donors (Lipinski definition) is 1. The molecule has 1 aromatic rings. The molecule has 0 bridgehead atoms. The average Bonchev–Trinajstić information content (AvgIpc) is 2.42. The number of aliphatic hydroxyl groups is 1. The van der Waals surface area contributed by atoms with Crippen LogP contribution in [0.1, 0.15) is 24.2 Å². The normalized spacial score (nSPS) is 10.4. The number of hydrogen-bond acceptors (Lipinski definition) is 6. The van der Waals surface area contributed by atoms with Gasteiger partial charge in [-0.05, 0) is 26.0 Å². The molecule has 1 aromatic carbocycles. The third-order valence-electron chi connectivity index (χ3n) is 2.87. The van der Waals surface area contributed by atoms with Crippen LogP contribution in [0.2, 0.25) is 0 Å². The van der Waals surface area contributed by atoms with Gasteiger partial charge in [-0.15, -0.1) is 0 Å². The Morgan fingerprint density at radius 3 is 2.60 bits per heavy atom. The van der Waals surface area contributed by atoms with Crippen LogP contribution in [0.5, 0.6) is 0 Å². The molecule has 0 heterocycles. The highest BCUT2D eigenvalue weighted by Gasteiger charge is 2.23. The third-order valence-corrected chi connectivity index (χ3v) is 2.87. The summed E-state index contributed by atoms with van der Waals surface area (Å²) in [6.45, 7) is 3.80. The highest BCUT2D eigenvalue weighted by atomic mass is 16.6. The van der Waals surface area contributed by atoms with Gasteiger partial charge >= 0.3 is 5.97 Å². The monoisotopic (exact) mass is 282 g/mol. The van der Waals surface area contributed by atoms with Gasteiger partial charge in [-0.1, -0.05) is 0 Å². The van der Waals surface area contributed by atoms with Crippen molar-refractivity contribution in [3.63, 3.8) is 0 Å². The fourth-order valence-corrected chi connectivity index (χ4v) is 1.92. The topological polar surface area (TPSA) is 92.9 Å². The maximum absolute atomic E-state index is 11.5. The quantitative estimate of drug-likeness (QED) is 0.484. The van der Waals surface area contributed by atoms with Gasteiger partial charge < -0.3 is 14.7 Å². The molecule has 0 spiro atoms. The lowest BCUT2D eigenvalue weighted by Crippen LogP contribution is -2.34. The predicted molar refractivity (Wildman–Crippen MR) is 74.0 cm³/mol. The van der Waals surface area contributed by atoms with E-state index >= 15 is 0 Å². The molecule has 0 aromatic heterocycles. The van der Waals surface area contributed by atoms with Gasteiger partial charge in [-0.2, -0.15) is 0 Å². The summed E-state index contributed by atoms with van der Waals surface area (Å²) in [5.74, 6) is -0.561. The zero-order chi connectivity index (χ0) is 15.3. The summed E-state index contributed by atoms with van der Waals surface area (Å²) in [7, 11) is 1.25. The first kappa shape index (κ1) is 15.9. The number of nitro benzene ring substituents is 1. The molecule has 7 heteroatoms. The van der Waals surface area contributed by atoms with Gasteiger partial charge in [0.1, 0.15) is 5.69 Å². The molecule has 0 saturated carbocycles. The fraction of sp³-hybridized carbons (Fsp3) is 0.462. The number of rotatable bonds is 6. The number of aliphatic hydroxyl groups excluding tert-OH is 1. The molecule has 0 atom stereocenters. The largest absolute Gasteiger partial charge is 0.465 e. The molecule has 20 heavy (non-hydrogen) atoms. The molecule has 0 aliphatic heterocycles. The molecule has 7 nitrogen and oxygen atoms in total. The van der Waals surface area contributed by atoms with E-state index in [9.17, 15) is 14.9 Å². The number of esters is 1. The Labute approximate surface area is 116 Å². The van der Waals surface area contributed by atoms with Gasteiger partial charge in [0.15, 0.2) is 0 Å². The smallest absolute Gasteiger partial charge is 0.337 e. The van der Waals surface area contributed by atoms with E-state index in [0.717, 1.165) is 0 Å². The number of ether oxygens (including phenoxy) is 1. The Kier molecular flexibility index (Phi) is 5.45. The molecule has 0 saturated heterocycles. The summed E-state index contributed by atoms with van der Waals surface area (Å²) >= 11 is 0. The van der Waals surface area contributed by atoms with Crippen molar-refractivity contribution in [2.75, 3.05) is 25.2 Å². The van der Waals surface area contributed by atoms with Crippen molar-refractivity contribution in [3.05, 3.63) is 33.9 Å². The number of benzene rings is 1. The summed E-state index contributed by atoms with van der Waals surface area (Å²) in [6, 6.07) is 3.98. The summed E-state index contributed by atoms with van der Waals surface area (Å²) in [6.07, 6.45) is 0. The van der Waals surface area contributed by atoms with E-state index in [1.807, 2.05) is 13.8 Å². The number of carbonyl (C=O) groups is 1. The first-order valence-electron chi connectivity index (χ1n) is 6.16. The van der Waals surface area contributed by atoms with Crippen molar-refractivity contribution in [1.82, 2.24) is 0 Å². The van der Waals surface area contributed by atoms with Crippen LogP contribution in [0.3, 0.4) is 0 Å². The van der Waals surface area contributed by atoms with Gasteiger partial charge in [0.05, 0.1) is 24.2 Å². The summed E-state index contributed by atoms with van der Waals surface area (Å²) in [5.41, 5.74) is 0.415. The number of methoxy groups -OCH3 is 1. The number of nitro groups is 1. The highest BCUT2D eigenvalue weighted by Crippen LogP contribution is 2.30. The second-order valence-electron chi connectivity index (χ2n) is 4.46. The molecule has 0 aliphatic carbocycles. The molecule has 0 unspecified atom stereocenters. The first-order valence-corrected chi connectivity index (χ1v) is 6.16. The van der Waals surface area contributed by atoms with Crippen LogP contribution in [0.25, 0.3) is 0 Å². The Morgan fingerprint density at radius 1 is 1.50 bits per heavy atom. The van der Waals surface area contributed by atoms with Crippen molar-refractivity contribution in [1.29, 1.82) is 0 Å². The van der Waals surface area contributed by atoms with E-state index in [0.29, 0.717) is 5.69 Å². The van der Waals surface area contributed by atoms with Gasteiger partial charge in [-0.25, -0.2) is 4.79 Å². The van der Waals surface area contributed by atoms with Crippen LogP contribution in [0.4, 0.5) is 11.4 Å². The van der Waals surface area contributed by atoms with Crippen molar-refractivity contribution in [3.8, 4) is 0 Å². The summed E-state index contributed by atoms with van der Waals surface area (Å²) in [4.78, 5) is 23.8. The first-order chi connectivity index (χ1) is 9.42. The lowest BCUT2D eigenvalue weighted by atomic mass is 10.1. The fourth-order valence-electron chi connectivity index (χ4n) is 1.92. The van der Waals surface area contributed by atoms with Crippen LogP contribution in [0.15, 0.2) is 18.2 Å². The number of anilines is 1. The average molecular weight is 282 g/mol. The highest BCUT2D eigenvalue weighted by molar-refractivity contribution is 5.91. The second kappa shape index (κ2) is 6.85. The Hall–Kier alpha value is -2.15. The zero-order valence-electron chi connectivity index (χ0n) is 11.7. The van der Waals surface area contributed by atoms with E-state index in [4.69, 9.17) is 5.11 Å². The lowest BCUT2D eigenvalue weighted by molar-refractivity contribution is -0.384. The zero-order valence-corrected chi connectivity index (χ0v) is 11.7. The minimum atomic E-state index is -0.561. The maximum Gasteiger partial charge on any atom is 0.337 e. The summed E-state index contributed by atoms with van der Waals surface area (Å²) in [5, 5.41) is 20.2. The van der Waals surface area contributed by atoms with E-state index in [1.54, 1.807) is 4.90 Å². The van der Waals surface area contributed by atoms with Gasteiger partial charge in [0.2, 0.25) is 0 Å². The predicted octanol–water partition coefficient (Wildman–Crippen LogP) is 1.59. The second-order valence-corrected chi connectivity index (χ2v) is 4.46. The Balaban J connectivity index is 3.36. The third kappa shape index (κ3) is 3.45. The Morgan fingerprint density at radius 2 is 2.15 bits per heavy atom. The van der Waals surface area contributed by atoms with E-state index < -0.39 is 10.9 Å². The minimum absolute atomic E-state index is 0.0613. The molecule has 0 amide bonds. The standard InChI is InChI=1S/C13H18N2O5/c1-9(2)14(6-7-16)12-8-10(13(17)20-3)4-5-11(12)15(18)19/h4-5,8-9,16H,6-7H2,1-3H3. The van der Waals surface area contributed by atoms with Crippen molar-refractivity contribution < 1.29 is 19.6 Å². The minimum Gasteiger partial charge on any atom is -0.465 e. The van der Waals surface area contributed by atoms with Gasteiger partial charge in [-0.3, -0.25) is 10.1 Å². The molecule has 0 fully saturated rings. The number of carbonyl (C=O) groups excluding carboxylic acids is 1. The van der Waals surface area contributed by atoms with Crippen LogP contribution in [-0.4, -0.2) is 42.3 Å². The van der Waals surface area contributed by atoms with Gasteiger partial charge in [0.25, 0.3) is 5.69 Å². The van der Waals surface area contributed by atoms with E-state index in [-0.39, 0.29) is 30.4 Å². The van der Waals surface area contributed by atoms with Crippen molar-refractivity contribution in [2.45, 2.75) is 19.9 Å². The number of nitrogens with zero attached hydrogens (tertiary/aromatic N) is 2.